The van der Waals surface area contributed by atoms with Crippen LogP contribution in [-0.4, -0.2) is 57.3 Å². The lowest BCUT2D eigenvalue weighted by Gasteiger charge is -2.39. The summed E-state index contributed by atoms with van der Waals surface area (Å²) in [6.45, 7) is 4.73. The third-order valence-corrected chi connectivity index (χ3v) is 5.52. The SMILES string of the molecule is Cn1nccc1C(c1ncccc1F)N1CCN(CCc2ccccc2)CC1. The summed E-state index contributed by atoms with van der Waals surface area (Å²) in [6.07, 6.45) is 4.48. The highest BCUT2D eigenvalue weighted by Gasteiger charge is 2.31. The van der Waals surface area contributed by atoms with Crippen LogP contribution in [-0.2, 0) is 13.5 Å². The van der Waals surface area contributed by atoms with Crippen molar-refractivity contribution in [2.24, 2.45) is 7.05 Å². The van der Waals surface area contributed by atoms with E-state index >= 15 is 0 Å². The first kappa shape index (κ1) is 18.8. The molecule has 1 unspecified atom stereocenters. The Morgan fingerprint density at radius 1 is 0.964 bits per heavy atom. The van der Waals surface area contributed by atoms with Gasteiger partial charge in [-0.25, -0.2) is 4.39 Å². The zero-order chi connectivity index (χ0) is 19.3. The second-order valence-electron chi connectivity index (χ2n) is 7.27. The van der Waals surface area contributed by atoms with Crippen LogP contribution in [0.2, 0.25) is 0 Å². The summed E-state index contributed by atoms with van der Waals surface area (Å²) in [7, 11) is 1.90. The molecular formula is C22H26FN5. The smallest absolute Gasteiger partial charge is 0.146 e. The van der Waals surface area contributed by atoms with Crippen LogP contribution in [0.15, 0.2) is 60.9 Å². The Hall–Kier alpha value is -2.57. The maximum Gasteiger partial charge on any atom is 0.146 e. The van der Waals surface area contributed by atoms with Crippen LogP contribution < -0.4 is 0 Å². The lowest BCUT2D eigenvalue weighted by molar-refractivity contribution is 0.104. The van der Waals surface area contributed by atoms with E-state index in [2.05, 4.69) is 50.2 Å². The van der Waals surface area contributed by atoms with Gasteiger partial charge in [-0.05, 0) is 30.2 Å². The number of piperazine rings is 1. The molecule has 6 heteroatoms. The first-order chi connectivity index (χ1) is 13.7. The molecule has 1 aliphatic rings. The van der Waals surface area contributed by atoms with Gasteiger partial charge in [-0.1, -0.05) is 30.3 Å². The average molecular weight is 379 g/mol. The number of benzene rings is 1. The molecule has 3 heterocycles. The van der Waals surface area contributed by atoms with E-state index < -0.39 is 0 Å². The van der Waals surface area contributed by atoms with Gasteiger partial charge in [0.25, 0.3) is 0 Å². The number of rotatable bonds is 6. The average Bonchev–Trinajstić information content (AvgIpc) is 3.15. The molecule has 0 bridgehead atoms. The third-order valence-electron chi connectivity index (χ3n) is 5.52. The molecule has 1 aromatic carbocycles. The van der Waals surface area contributed by atoms with Gasteiger partial charge >= 0.3 is 0 Å². The topological polar surface area (TPSA) is 37.2 Å². The fraction of sp³-hybridized carbons (Fsp3) is 0.364. The van der Waals surface area contributed by atoms with Crippen molar-refractivity contribution in [3.63, 3.8) is 0 Å². The molecule has 5 nitrogen and oxygen atoms in total. The maximum atomic E-state index is 14.6. The Morgan fingerprint density at radius 3 is 2.43 bits per heavy atom. The van der Waals surface area contributed by atoms with Crippen LogP contribution in [0.4, 0.5) is 4.39 Å². The van der Waals surface area contributed by atoms with E-state index in [0.29, 0.717) is 5.69 Å². The lowest BCUT2D eigenvalue weighted by atomic mass is 10.1. The second-order valence-corrected chi connectivity index (χ2v) is 7.27. The van der Waals surface area contributed by atoms with Crippen LogP contribution in [0.5, 0.6) is 0 Å². The molecule has 1 fully saturated rings. The van der Waals surface area contributed by atoms with Crippen molar-refractivity contribution in [2.75, 3.05) is 32.7 Å². The minimum atomic E-state index is -0.264. The molecule has 0 radical (unpaired) electrons. The number of nitrogens with zero attached hydrogens (tertiary/aromatic N) is 5. The number of aryl methyl sites for hydroxylation is 1. The molecule has 1 saturated heterocycles. The normalized spacial score (nSPS) is 16.9. The second kappa shape index (κ2) is 8.63. The molecule has 4 rings (SSSR count). The predicted octanol–water partition coefficient (Wildman–Crippen LogP) is 2.90. The summed E-state index contributed by atoms with van der Waals surface area (Å²) in [5.74, 6) is -0.264. The Kier molecular flexibility index (Phi) is 5.78. The zero-order valence-electron chi connectivity index (χ0n) is 16.2. The molecule has 0 amide bonds. The summed E-state index contributed by atoms with van der Waals surface area (Å²) >= 11 is 0. The molecule has 1 aliphatic heterocycles. The van der Waals surface area contributed by atoms with Crippen molar-refractivity contribution in [1.29, 1.82) is 0 Å². The summed E-state index contributed by atoms with van der Waals surface area (Å²) in [4.78, 5) is 9.18. The molecule has 3 aromatic rings. The van der Waals surface area contributed by atoms with Gasteiger partial charge in [0.15, 0.2) is 0 Å². The van der Waals surface area contributed by atoms with Crippen molar-refractivity contribution < 1.29 is 4.39 Å². The number of hydrogen-bond acceptors (Lipinski definition) is 4. The van der Waals surface area contributed by atoms with Gasteiger partial charge in [-0.2, -0.15) is 5.10 Å². The van der Waals surface area contributed by atoms with Crippen molar-refractivity contribution in [1.82, 2.24) is 24.6 Å². The summed E-state index contributed by atoms with van der Waals surface area (Å²) in [5.41, 5.74) is 2.81. The monoisotopic (exact) mass is 379 g/mol. The maximum absolute atomic E-state index is 14.6. The van der Waals surface area contributed by atoms with Crippen molar-refractivity contribution in [2.45, 2.75) is 12.5 Å². The van der Waals surface area contributed by atoms with Gasteiger partial charge in [-0.3, -0.25) is 14.6 Å². The van der Waals surface area contributed by atoms with Crippen LogP contribution in [0.1, 0.15) is 23.0 Å². The van der Waals surface area contributed by atoms with Gasteiger partial charge in [0.2, 0.25) is 0 Å². The molecular weight excluding hydrogens is 353 g/mol. The summed E-state index contributed by atoms with van der Waals surface area (Å²) in [5, 5.41) is 4.29. The van der Waals surface area contributed by atoms with E-state index in [1.54, 1.807) is 18.5 Å². The molecule has 0 spiro atoms. The highest BCUT2D eigenvalue weighted by molar-refractivity contribution is 5.23. The Morgan fingerprint density at radius 2 is 1.75 bits per heavy atom. The highest BCUT2D eigenvalue weighted by Crippen LogP contribution is 2.29. The largest absolute Gasteiger partial charge is 0.300 e. The predicted molar refractivity (Wildman–Crippen MR) is 107 cm³/mol. The molecule has 0 N–H and O–H groups in total. The lowest BCUT2D eigenvalue weighted by Crippen LogP contribution is -2.48. The van der Waals surface area contributed by atoms with E-state index in [1.165, 1.54) is 11.6 Å². The molecule has 146 valence electrons. The quantitative estimate of drug-likeness (QED) is 0.660. The van der Waals surface area contributed by atoms with E-state index in [1.807, 2.05) is 17.8 Å². The fourth-order valence-electron chi connectivity index (χ4n) is 3.93. The van der Waals surface area contributed by atoms with Crippen LogP contribution in [0.25, 0.3) is 0 Å². The van der Waals surface area contributed by atoms with Gasteiger partial charge < -0.3 is 4.90 Å². The van der Waals surface area contributed by atoms with Gasteiger partial charge in [0.05, 0.1) is 17.4 Å². The Balaban J connectivity index is 1.46. The fourth-order valence-corrected chi connectivity index (χ4v) is 3.93. The standard InChI is InChI=1S/C22H26FN5/c1-26-20(9-12-25-26)22(21-19(23)8-5-11-24-21)28-16-14-27(15-17-28)13-10-18-6-3-2-4-7-18/h2-9,11-12,22H,10,13-17H2,1H3. The minimum absolute atomic E-state index is 0.218. The summed E-state index contributed by atoms with van der Waals surface area (Å²) < 4.78 is 16.4. The molecule has 28 heavy (non-hydrogen) atoms. The molecule has 0 saturated carbocycles. The molecule has 1 atom stereocenters. The van der Waals surface area contributed by atoms with Crippen molar-refractivity contribution >= 4 is 0 Å². The van der Waals surface area contributed by atoms with Crippen molar-refractivity contribution in [3.05, 3.63) is 83.7 Å². The van der Waals surface area contributed by atoms with Crippen LogP contribution in [0, 0.1) is 5.82 Å². The van der Waals surface area contributed by atoms with E-state index in [9.17, 15) is 4.39 Å². The number of hydrogen-bond donors (Lipinski definition) is 0. The van der Waals surface area contributed by atoms with E-state index in [-0.39, 0.29) is 11.9 Å². The van der Waals surface area contributed by atoms with Gasteiger partial charge in [0.1, 0.15) is 5.82 Å². The van der Waals surface area contributed by atoms with Gasteiger partial charge in [0, 0.05) is 52.2 Å². The van der Waals surface area contributed by atoms with Gasteiger partial charge in [-0.15, -0.1) is 0 Å². The Labute approximate surface area is 165 Å². The first-order valence-electron chi connectivity index (χ1n) is 9.81. The van der Waals surface area contributed by atoms with Crippen molar-refractivity contribution in [3.8, 4) is 0 Å². The van der Waals surface area contributed by atoms with Crippen LogP contribution in [0.3, 0.4) is 0 Å². The number of aromatic nitrogens is 3. The highest BCUT2D eigenvalue weighted by atomic mass is 19.1. The minimum Gasteiger partial charge on any atom is -0.300 e. The number of pyridine rings is 1. The molecule has 0 aliphatic carbocycles. The van der Waals surface area contributed by atoms with E-state index in [0.717, 1.165) is 44.8 Å². The molecule has 2 aromatic heterocycles. The number of halogens is 1. The van der Waals surface area contributed by atoms with Crippen LogP contribution >= 0.6 is 0 Å². The zero-order valence-corrected chi connectivity index (χ0v) is 16.2. The first-order valence-corrected chi connectivity index (χ1v) is 9.81. The Bertz CT molecular complexity index is 887. The van der Waals surface area contributed by atoms with E-state index in [4.69, 9.17) is 0 Å². The third kappa shape index (κ3) is 4.13. The summed E-state index contributed by atoms with van der Waals surface area (Å²) in [6, 6.07) is 15.5.